The lowest BCUT2D eigenvalue weighted by atomic mass is 9.88. The largest absolute Gasteiger partial charge is 0.493 e. The first-order valence-corrected chi connectivity index (χ1v) is 8.35. The minimum atomic E-state index is -0.410. The second kappa shape index (κ2) is 7.62. The number of ether oxygens (including phenoxy) is 2. The van der Waals surface area contributed by atoms with E-state index in [-0.39, 0.29) is 18.3 Å². The number of hydrogen-bond acceptors (Lipinski definition) is 4. The molecule has 2 heterocycles. The molecule has 3 rings (SSSR count). The Bertz CT molecular complexity index is 600. The van der Waals surface area contributed by atoms with Crippen LogP contribution in [0, 0.1) is 0 Å². The first-order chi connectivity index (χ1) is 11.1. The maximum absolute atomic E-state index is 13.0. The highest BCUT2D eigenvalue weighted by Gasteiger charge is 2.38. The number of piperidine rings is 1. The molecule has 134 valence electrons. The van der Waals surface area contributed by atoms with Crippen molar-refractivity contribution in [2.45, 2.75) is 44.7 Å². The summed E-state index contributed by atoms with van der Waals surface area (Å²) in [7, 11) is 3.29. The van der Waals surface area contributed by atoms with E-state index in [9.17, 15) is 4.79 Å². The van der Waals surface area contributed by atoms with E-state index in [1.54, 1.807) is 14.2 Å². The van der Waals surface area contributed by atoms with Crippen LogP contribution in [0.3, 0.4) is 0 Å². The molecule has 1 atom stereocenters. The molecule has 2 aliphatic heterocycles. The lowest BCUT2D eigenvalue weighted by molar-refractivity contribution is -0.139. The topological polar surface area (TPSA) is 50.8 Å². The Hall–Kier alpha value is -1.46. The average molecular weight is 355 g/mol. The van der Waals surface area contributed by atoms with Gasteiger partial charge in [0, 0.05) is 13.1 Å². The summed E-state index contributed by atoms with van der Waals surface area (Å²) in [6, 6.07) is 4.04. The van der Waals surface area contributed by atoms with Crippen molar-refractivity contribution in [1.82, 2.24) is 10.2 Å². The van der Waals surface area contributed by atoms with Crippen molar-refractivity contribution in [1.29, 1.82) is 0 Å². The highest BCUT2D eigenvalue weighted by molar-refractivity contribution is 5.86. The van der Waals surface area contributed by atoms with Crippen molar-refractivity contribution in [3.8, 4) is 11.5 Å². The summed E-state index contributed by atoms with van der Waals surface area (Å²) in [6.07, 6.45) is 4.05. The van der Waals surface area contributed by atoms with E-state index in [1.165, 1.54) is 5.56 Å². The normalized spacial score (nSPS) is 23.0. The van der Waals surface area contributed by atoms with Crippen molar-refractivity contribution < 1.29 is 14.3 Å². The van der Waals surface area contributed by atoms with Crippen LogP contribution in [0.4, 0.5) is 0 Å². The van der Waals surface area contributed by atoms with Crippen LogP contribution in [0.1, 0.15) is 37.3 Å². The number of carbonyl (C=O) groups excluding carboxylic acids is 1. The van der Waals surface area contributed by atoms with Crippen molar-refractivity contribution in [2.75, 3.05) is 27.3 Å². The molecule has 24 heavy (non-hydrogen) atoms. The molecule has 0 aromatic heterocycles. The lowest BCUT2D eigenvalue weighted by Crippen LogP contribution is -2.58. The molecule has 6 heteroatoms. The molecule has 1 unspecified atom stereocenters. The standard InChI is InChI=1S/C18H26N2O3.ClH/c1-18(7-4-5-8-19-18)17(21)20-9-6-13-10-15(22-2)16(23-3)11-14(13)12-20;/h10-11,19H,4-9,12H2,1-3H3;1H. The molecule has 1 aromatic carbocycles. The number of nitrogens with zero attached hydrogens (tertiary/aromatic N) is 1. The lowest BCUT2D eigenvalue weighted by Gasteiger charge is -2.40. The van der Waals surface area contributed by atoms with Crippen LogP contribution in [0.2, 0.25) is 0 Å². The van der Waals surface area contributed by atoms with Crippen LogP contribution < -0.4 is 14.8 Å². The molecule has 1 saturated heterocycles. The predicted molar refractivity (Wildman–Crippen MR) is 96.2 cm³/mol. The van der Waals surface area contributed by atoms with Gasteiger partial charge >= 0.3 is 0 Å². The molecular formula is C18H27ClN2O3. The SMILES string of the molecule is COc1cc2c(cc1OC)CN(C(=O)C1(C)CCCCN1)CC2.Cl. The molecule has 0 aliphatic carbocycles. The summed E-state index contributed by atoms with van der Waals surface area (Å²) >= 11 is 0. The second-order valence-electron chi connectivity index (χ2n) is 6.67. The van der Waals surface area contributed by atoms with Gasteiger partial charge in [0.25, 0.3) is 0 Å². The fraction of sp³-hybridized carbons (Fsp3) is 0.611. The Morgan fingerprint density at radius 2 is 1.83 bits per heavy atom. The van der Waals surface area contributed by atoms with Crippen molar-refractivity contribution in [3.05, 3.63) is 23.3 Å². The summed E-state index contributed by atoms with van der Waals surface area (Å²) in [5, 5.41) is 3.42. The van der Waals surface area contributed by atoms with Crippen LogP contribution in [0.5, 0.6) is 11.5 Å². The van der Waals surface area contributed by atoms with E-state index in [0.29, 0.717) is 6.54 Å². The molecule has 1 aromatic rings. The maximum Gasteiger partial charge on any atom is 0.242 e. The van der Waals surface area contributed by atoms with Crippen molar-refractivity contribution in [2.24, 2.45) is 0 Å². The van der Waals surface area contributed by atoms with Crippen molar-refractivity contribution >= 4 is 18.3 Å². The Balaban J connectivity index is 0.00000208. The van der Waals surface area contributed by atoms with E-state index in [1.807, 2.05) is 24.0 Å². The molecule has 5 nitrogen and oxygen atoms in total. The van der Waals surface area contributed by atoms with Gasteiger partial charge in [-0.05, 0) is 62.4 Å². The zero-order valence-corrected chi connectivity index (χ0v) is 15.5. The van der Waals surface area contributed by atoms with Gasteiger partial charge in [0.15, 0.2) is 11.5 Å². The average Bonchev–Trinajstić information content (AvgIpc) is 2.59. The molecule has 1 fully saturated rings. The highest BCUT2D eigenvalue weighted by Crippen LogP contribution is 2.34. The molecule has 2 aliphatic rings. The summed E-state index contributed by atoms with van der Waals surface area (Å²) < 4.78 is 10.8. The molecule has 0 saturated carbocycles. The number of methoxy groups -OCH3 is 2. The number of benzene rings is 1. The van der Waals surface area contributed by atoms with Gasteiger partial charge in [-0.15, -0.1) is 12.4 Å². The van der Waals surface area contributed by atoms with Gasteiger partial charge < -0.3 is 19.7 Å². The number of nitrogens with one attached hydrogen (secondary N) is 1. The number of hydrogen-bond donors (Lipinski definition) is 1. The van der Waals surface area contributed by atoms with E-state index >= 15 is 0 Å². The third-order valence-corrected chi connectivity index (χ3v) is 5.10. The van der Waals surface area contributed by atoms with Crippen molar-refractivity contribution in [3.63, 3.8) is 0 Å². The van der Waals surface area contributed by atoms with E-state index in [0.717, 1.165) is 55.8 Å². The van der Waals surface area contributed by atoms with Crippen LogP contribution in [0.25, 0.3) is 0 Å². The van der Waals surface area contributed by atoms with Crippen LogP contribution >= 0.6 is 12.4 Å². The molecule has 0 radical (unpaired) electrons. The van der Waals surface area contributed by atoms with E-state index in [4.69, 9.17) is 9.47 Å². The third kappa shape index (κ3) is 3.47. The van der Waals surface area contributed by atoms with Gasteiger partial charge in [-0.2, -0.15) is 0 Å². The molecule has 0 bridgehead atoms. The molecule has 0 spiro atoms. The minimum Gasteiger partial charge on any atom is -0.493 e. The minimum absolute atomic E-state index is 0. The Labute approximate surface area is 150 Å². The fourth-order valence-electron chi connectivity index (χ4n) is 3.64. The zero-order chi connectivity index (χ0) is 16.4. The van der Waals surface area contributed by atoms with Crippen LogP contribution in [-0.4, -0.2) is 43.7 Å². The van der Waals surface area contributed by atoms with Crippen LogP contribution in [0.15, 0.2) is 12.1 Å². The number of rotatable bonds is 3. The zero-order valence-electron chi connectivity index (χ0n) is 14.7. The maximum atomic E-state index is 13.0. The van der Waals surface area contributed by atoms with Gasteiger partial charge in [-0.25, -0.2) is 0 Å². The smallest absolute Gasteiger partial charge is 0.242 e. The first-order valence-electron chi connectivity index (χ1n) is 8.35. The molecule has 1 amide bonds. The number of fused-ring (bicyclic) bond motifs is 1. The van der Waals surface area contributed by atoms with Gasteiger partial charge in [-0.3, -0.25) is 4.79 Å². The Morgan fingerprint density at radius 1 is 1.17 bits per heavy atom. The fourth-order valence-corrected chi connectivity index (χ4v) is 3.64. The molecular weight excluding hydrogens is 328 g/mol. The number of halogens is 1. The van der Waals surface area contributed by atoms with Gasteiger partial charge in [0.05, 0.1) is 19.8 Å². The first kappa shape index (κ1) is 18.9. The monoisotopic (exact) mass is 354 g/mol. The number of carbonyl (C=O) groups is 1. The van der Waals surface area contributed by atoms with E-state index < -0.39 is 5.54 Å². The predicted octanol–water partition coefficient (Wildman–Crippen LogP) is 2.54. The van der Waals surface area contributed by atoms with Gasteiger partial charge in [0.1, 0.15) is 0 Å². The Kier molecular flexibility index (Phi) is 5.99. The summed E-state index contributed by atoms with van der Waals surface area (Å²) in [4.78, 5) is 14.9. The summed E-state index contributed by atoms with van der Waals surface area (Å²) in [5.74, 6) is 1.70. The van der Waals surface area contributed by atoms with E-state index in [2.05, 4.69) is 5.32 Å². The molecule has 1 N–H and O–H groups in total. The summed E-state index contributed by atoms with van der Waals surface area (Å²) in [6.45, 7) is 4.38. The quantitative estimate of drug-likeness (QED) is 0.906. The number of amides is 1. The van der Waals surface area contributed by atoms with Gasteiger partial charge in [0.2, 0.25) is 5.91 Å². The van der Waals surface area contributed by atoms with Gasteiger partial charge in [-0.1, -0.05) is 0 Å². The second-order valence-corrected chi connectivity index (χ2v) is 6.67. The highest BCUT2D eigenvalue weighted by atomic mass is 35.5. The third-order valence-electron chi connectivity index (χ3n) is 5.10. The Morgan fingerprint density at radius 3 is 2.42 bits per heavy atom. The van der Waals surface area contributed by atoms with Crippen LogP contribution in [-0.2, 0) is 17.8 Å². The summed E-state index contributed by atoms with van der Waals surface area (Å²) in [5.41, 5.74) is 1.99.